The molecule has 4 aromatic rings. The maximum Gasteiger partial charge on any atom is 0.416 e. The Morgan fingerprint density at radius 3 is 2.59 bits per heavy atom. The first-order valence-electron chi connectivity index (χ1n) is 12.1. The second kappa shape index (κ2) is 9.90. The first-order valence-corrected chi connectivity index (χ1v) is 12.1. The fraction of sp³-hybridized carbons (Fsp3) is 0.214. The monoisotopic (exact) mass is 534 g/mol. The third kappa shape index (κ3) is 5.07. The number of urea groups is 1. The first kappa shape index (κ1) is 26.0. The molecule has 0 saturated carbocycles. The van der Waals surface area contributed by atoms with Crippen LogP contribution in [0.2, 0.25) is 0 Å². The quantitative estimate of drug-likeness (QED) is 0.309. The van der Waals surface area contributed by atoms with Crippen LogP contribution in [0.1, 0.15) is 33.1 Å². The summed E-state index contributed by atoms with van der Waals surface area (Å²) in [6.07, 6.45) is -2.89. The van der Waals surface area contributed by atoms with Crippen molar-refractivity contribution in [1.82, 2.24) is 20.2 Å². The van der Waals surface area contributed by atoms with Crippen LogP contribution in [-0.2, 0) is 6.18 Å². The largest absolute Gasteiger partial charge is 0.416 e. The number of amides is 3. The van der Waals surface area contributed by atoms with Gasteiger partial charge in [-0.25, -0.2) is 14.8 Å². The van der Waals surface area contributed by atoms with Gasteiger partial charge in [0.15, 0.2) is 0 Å². The van der Waals surface area contributed by atoms with Crippen LogP contribution >= 0.6 is 0 Å². The molecule has 1 aromatic heterocycles. The van der Waals surface area contributed by atoms with Crippen molar-refractivity contribution in [2.45, 2.75) is 19.1 Å². The van der Waals surface area contributed by atoms with Gasteiger partial charge in [0, 0.05) is 49.0 Å². The van der Waals surface area contributed by atoms with Crippen LogP contribution < -0.4 is 16.0 Å². The topological polar surface area (TPSA) is 99.2 Å². The first-order chi connectivity index (χ1) is 18.5. The van der Waals surface area contributed by atoms with Crippen molar-refractivity contribution in [3.05, 3.63) is 83.0 Å². The lowest BCUT2D eigenvalue weighted by Gasteiger charge is -2.23. The molecule has 3 N–H and O–H groups in total. The fourth-order valence-corrected chi connectivity index (χ4v) is 4.63. The summed E-state index contributed by atoms with van der Waals surface area (Å²) in [6.45, 7) is 2.12. The van der Waals surface area contributed by atoms with Gasteiger partial charge in [0.1, 0.15) is 0 Å². The van der Waals surface area contributed by atoms with Crippen LogP contribution in [0.3, 0.4) is 0 Å². The van der Waals surface area contributed by atoms with E-state index in [-0.39, 0.29) is 23.8 Å². The number of nitrogens with one attached hydrogen (secondary N) is 3. The van der Waals surface area contributed by atoms with Gasteiger partial charge in [-0.05, 0) is 60.0 Å². The molecule has 200 valence electrons. The molecule has 2 heterocycles. The minimum atomic E-state index is -4.60. The molecule has 1 atom stereocenters. The number of likely N-dealkylation sites (N-methyl/N-ethyl adjacent to an activating group) is 1. The van der Waals surface area contributed by atoms with Crippen LogP contribution in [0.5, 0.6) is 0 Å². The Bertz CT molecular complexity index is 1600. The summed E-state index contributed by atoms with van der Waals surface area (Å²) in [5, 5.41) is 9.04. The van der Waals surface area contributed by atoms with Crippen molar-refractivity contribution >= 4 is 34.5 Å². The van der Waals surface area contributed by atoms with E-state index in [9.17, 15) is 22.8 Å². The Balaban J connectivity index is 1.49. The number of carbonyl (C=O) groups excluding carboxylic acids is 2. The summed E-state index contributed by atoms with van der Waals surface area (Å²) in [5.74, 6) is -0.0671. The highest BCUT2D eigenvalue weighted by Gasteiger charge is 2.34. The zero-order chi connectivity index (χ0) is 27.9. The van der Waals surface area contributed by atoms with Gasteiger partial charge in [0.25, 0.3) is 5.91 Å². The minimum absolute atomic E-state index is 0.00603. The van der Waals surface area contributed by atoms with Gasteiger partial charge in [-0.2, -0.15) is 13.2 Å². The Labute approximate surface area is 222 Å². The average molecular weight is 535 g/mol. The molecule has 0 aliphatic carbocycles. The van der Waals surface area contributed by atoms with Gasteiger partial charge in [0.2, 0.25) is 5.95 Å². The molecule has 3 aromatic carbocycles. The van der Waals surface area contributed by atoms with Gasteiger partial charge in [0.05, 0.1) is 17.1 Å². The number of aromatic nitrogens is 2. The smallest absolute Gasteiger partial charge is 0.357 e. The Morgan fingerprint density at radius 1 is 1.10 bits per heavy atom. The normalized spacial score (nSPS) is 15.4. The van der Waals surface area contributed by atoms with Crippen molar-refractivity contribution in [3.8, 4) is 11.1 Å². The van der Waals surface area contributed by atoms with E-state index >= 15 is 0 Å². The highest BCUT2D eigenvalue weighted by molar-refractivity contribution is 6.05. The number of hydrogen-bond donors (Lipinski definition) is 3. The lowest BCUT2D eigenvalue weighted by molar-refractivity contribution is -0.137. The van der Waals surface area contributed by atoms with E-state index in [4.69, 9.17) is 0 Å². The Morgan fingerprint density at radius 2 is 1.90 bits per heavy atom. The summed E-state index contributed by atoms with van der Waals surface area (Å²) in [5.41, 5.74) is 3.07. The van der Waals surface area contributed by atoms with E-state index in [0.717, 1.165) is 39.7 Å². The van der Waals surface area contributed by atoms with Gasteiger partial charge in [-0.1, -0.05) is 18.2 Å². The van der Waals surface area contributed by atoms with Crippen LogP contribution in [0.4, 0.5) is 29.6 Å². The lowest BCUT2D eigenvalue weighted by Crippen LogP contribution is -2.26. The molecule has 0 bridgehead atoms. The van der Waals surface area contributed by atoms with Gasteiger partial charge in [-0.3, -0.25) is 4.79 Å². The molecule has 0 radical (unpaired) electrons. The molecule has 8 nitrogen and oxygen atoms in total. The molecular formula is C28H25F3N6O2. The molecule has 1 aliphatic rings. The summed E-state index contributed by atoms with van der Waals surface area (Å²) in [7, 11) is 3.29. The highest BCUT2D eigenvalue weighted by Crippen LogP contribution is 2.36. The SMILES string of the molecule is CNc1ncc2cc(-c3cc(C(=O)Nc4cc(C(F)(F)F)ccc4C4CNC(=O)N4C)ccc3C)ccc2n1. The van der Waals surface area contributed by atoms with E-state index in [1.807, 2.05) is 25.1 Å². The van der Waals surface area contributed by atoms with Crippen molar-refractivity contribution in [2.75, 3.05) is 31.3 Å². The third-order valence-electron chi connectivity index (χ3n) is 6.84. The minimum Gasteiger partial charge on any atom is -0.357 e. The number of halogens is 3. The number of rotatable bonds is 5. The summed E-state index contributed by atoms with van der Waals surface area (Å²) in [4.78, 5) is 35.4. The van der Waals surface area contributed by atoms with Crippen molar-refractivity contribution in [1.29, 1.82) is 0 Å². The fourth-order valence-electron chi connectivity index (χ4n) is 4.63. The molecule has 1 fully saturated rings. The van der Waals surface area contributed by atoms with E-state index in [1.54, 1.807) is 38.5 Å². The second-order valence-electron chi connectivity index (χ2n) is 9.31. The molecule has 1 unspecified atom stereocenters. The summed E-state index contributed by atoms with van der Waals surface area (Å²) in [6, 6.07) is 13.1. The number of carbonyl (C=O) groups is 2. The predicted octanol–water partition coefficient (Wildman–Crippen LogP) is 5.61. The lowest BCUT2D eigenvalue weighted by atomic mass is 9.96. The summed E-state index contributed by atoms with van der Waals surface area (Å²) < 4.78 is 40.5. The molecule has 1 saturated heterocycles. The molecule has 3 amide bonds. The van der Waals surface area contributed by atoms with E-state index in [2.05, 4.69) is 25.9 Å². The van der Waals surface area contributed by atoms with Crippen LogP contribution in [0, 0.1) is 6.92 Å². The number of fused-ring (bicyclic) bond motifs is 1. The standard InChI is InChI=1S/C28H25F3N6O2/c1-15-4-5-17(11-21(15)16-6-9-22-18(10-16)13-33-26(32-2)36-22)25(38)35-23-12-19(28(29,30)31)7-8-20(23)24-14-34-27(39)37(24)3/h4-13,24H,14H2,1-3H3,(H,34,39)(H,35,38)(H,32,33,36). The zero-order valence-corrected chi connectivity index (χ0v) is 21.3. The Kier molecular flexibility index (Phi) is 6.59. The van der Waals surface area contributed by atoms with Crippen LogP contribution in [0.25, 0.3) is 22.0 Å². The number of nitrogens with zero attached hydrogens (tertiary/aromatic N) is 3. The van der Waals surface area contributed by atoms with E-state index in [1.165, 1.54) is 11.0 Å². The molecule has 11 heteroatoms. The third-order valence-corrected chi connectivity index (χ3v) is 6.84. The molecule has 1 aliphatic heterocycles. The number of anilines is 2. The van der Waals surface area contributed by atoms with Crippen LogP contribution in [-0.4, -0.2) is 47.4 Å². The Hall–Kier alpha value is -4.67. The second-order valence-corrected chi connectivity index (χ2v) is 9.31. The maximum atomic E-state index is 13.5. The van der Waals surface area contributed by atoms with Crippen molar-refractivity contribution in [3.63, 3.8) is 0 Å². The number of benzene rings is 3. The number of alkyl halides is 3. The maximum absolute atomic E-state index is 13.5. The zero-order valence-electron chi connectivity index (χ0n) is 21.3. The summed E-state index contributed by atoms with van der Waals surface area (Å²) >= 11 is 0. The predicted molar refractivity (Wildman–Crippen MR) is 143 cm³/mol. The number of aryl methyl sites for hydroxylation is 1. The van der Waals surface area contributed by atoms with E-state index in [0.29, 0.717) is 11.5 Å². The van der Waals surface area contributed by atoms with Gasteiger partial charge in [-0.15, -0.1) is 0 Å². The molecular weight excluding hydrogens is 509 g/mol. The average Bonchev–Trinajstić information content (AvgIpc) is 3.25. The van der Waals surface area contributed by atoms with Gasteiger partial charge < -0.3 is 20.9 Å². The molecule has 39 heavy (non-hydrogen) atoms. The molecule has 0 spiro atoms. The van der Waals surface area contributed by atoms with Crippen molar-refractivity contribution < 1.29 is 22.8 Å². The van der Waals surface area contributed by atoms with Gasteiger partial charge >= 0.3 is 12.2 Å². The molecule has 5 rings (SSSR count). The van der Waals surface area contributed by atoms with Crippen LogP contribution in [0.15, 0.2) is 60.8 Å². The van der Waals surface area contributed by atoms with E-state index < -0.39 is 23.7 Å². The highest BCUT2D eigenvalue weighted by atomic mass is 19.4. The number of hydrogen-bond acceptors (Lipinski definition) is 5. The van der Waals surface area contributed by atoms with Crippen molar-refractivity contribution in [2.24, 2.45) is 0 Å².